The number of hydrogen-bond donors (Lipinski definition) is 1. The molecule has 0 amide bonds. The summed E-state index contributed by atoms with van der Waals surface area (Å²) in [5.41, 5.74) is 7.13. The molecular weight excluding hydrogens is 230 g/mol. The summed E-state index contributed by atoms with van der Waals surface area (Å²) in [6, 6.07) is 7.44. The largest absolute Gasteiger partial charge is 0.493 e. The normalized spacial score (nSPS) is 12.2. The highest BCUT2D eigenvalue weighted by Gasteiger charge is 2.11. The second-order valence-corrected chi connectivity index (χ2v) is 3.95. The smallest absolute Gasteiger partial charge is 0.161 e. The van der Waals surface area contributed by atoms with Crippen LogP contribution in [-0.2, 0) is 6.54 Å². The molecule has 1 atom stereocenters. The van der Waals surface area contributed by atoms with Gasteiger partial charge in [-0.1, -0.05) is 6.07 Å². The van der Waals surface area contributed by atoms with Gasteiger partial charge in [0.1, 0.15) is 0 Å². The first-order valence-electron chi connectivity index (χ1n) is 5.69. The third-order valence-corrected chi connectivity index (χ3v) is 2.78. The molecule has 1 unspecified atom stereocenters. The van der Waals surface area contributed by atoms with E-state index in [1.165, 1.54) is 0 Å². The van der Waals surface area contributed by atoms with Gasteiger partial charge < -0.3 is 15.2 Å². The van der Waals surface area contributed by atoms with E-state index in [9.17, 15) is 0 Å². The van der Waals surface area contributed by atoms with E-state index in [0.717, 1.165) is 5.56 Å². The minimum atomic E-state index is -0.135. The van der Waals surface area contributed by atoms with Crippen LogP contribution < -0.4 is 15.2 Å². The zero-order valence-electron chi connectivity index (χ0n) is 10.5. The molecule has 0 spiro atoms. The quantitative estimate of drug-likeness (QED) is 0.871. The standard InChI is InChI=1S/C13H17N3O2/c1-17-12-5-4-10(8-13(12)18-2)11(14)9-16-7-3-6-15-16/h3-8,11H,9,14H2,1-2H3. The molecule has 0 saturated carbocycles. The lowest BCUT2D eigenvalue weighted by Gasteiger charge is -2.15. The Hall–Kier alpha value is -2.01. The highest BCUT2D eigenvalue weighted by atomic mass is 16.5. The zero-order chi connectivity index (χ0) is 13.0. The van der Waals surface area contributed by atoms with Gasteiger partial charge in [0.25, 0.3) is 0 Å². The highest BCUT2D eigenvalue weighted by Crippen LogP contribution is 2.29. The average molecular weight is 247 g/mol. The molecule has 5 heteroatoms. The van der Waals surface area contributed by atoms with Crippen LogP contribution in [0.15, 0.2) is 36.7 Å². The lowest BCUT2D eigenvalue weighted by Crippen LogP contribution is -2.18. The molecular formula is C13H17N3O2. The maximum absolute atomic E-state index is 6.14. The Balaban J connectivity index is 2.17. The van der Waals surface area contributed by atoms with Crippen molar-refractivity contribution in [3.63, 3.8) is 0 Å². The van der Waals surface area contributed by atoms with Gasteiger partial charge >= 0.3 is 0 Å². The molecule has 1 aromatic heterocycles. The number of aromatic nitrogens is 2. The van der Waals surface area contributed by atoms with Crippen LogP contribution in [0.3, 0.4) is 0 Å². The van der Waals surface area contributed by atoms with E-state index in [1.807, 2.05) is 30.5 Å². The van der Waals surface area contributed by atoms with Crippen molar-refractivity contribution in [1.29, 1.82) is 0 Å². The summed E-state index contributed by atoms with van der Waals surface area (Å²) in [6.45, 7) is 0.627. The SMILES string of the molecule is COc1ccc(C(N)Cn2cccn2)cc1OC. The Kier molecular flexibility index (Phi) is 3.84. The van der Waals surface area contributed by atoms with Crippen LogP contribution >= 0.6 is 0 Å². The van der Waals surface area contributed by atoms with E-state index in [4.69, 9.17) is 15.2 Å². The predicted octanol–water partition coefficient (Wildman–Crippen LogP) is 1.60. The number of ether oxygens (including phenoxy) is 2. The molecule has 18 heavy (non-hydrogen) atoms. The van der Waals surface area contributed by atoms with E-state index in [1.54, 1.807) is 25.1 Å². The van der Waals surface area contributed by atoms with Crippen molar-refractivity contribution in [2.75, 3.05) is 14.2 Å². The number of nitrogens with two attached hydrogens (primary N) is 1. The average Bonchev–Trinajstić information content (AvgIpc) is 2.90. The van der Waals surface area contributed by atoms with Gasteiger partial charge in [-0.25, -0.2) is 0 Å². The van der Waals surface area contributed by atoms with Gasteiger partial charge in [0.05, 0.1) is 20.8 Å². The van der Waals surface area contributed by atoms with E-state index >= 15 is 0 Å². The Morgan fingerprint density at radius 2 is 2.06 bits per heavy atom. The molecule has 0 radical (unpaired) electrons. The minimum absolute atomic E-state index is 0.135. The molecule has 96 valence electrons. The van der Waals surface area contributed by atoms with Crippen molar-refractivity contribution < 1.29 is 9.47 Å². The summed E-state index contributed by atoms with van der Waals surface area (Å²) in [5, 5.41) is 4.14. The summed E-state index contributed by atoms with van der Waals surface area (Å²) in [4.78, 5) is 0. The van der Waals surface area contributed by atoms with Crippen LogP contribution in [0.2, 0.25) is 0 Å². The number of methoxy groups -OCH3 is 2. The zero-order valence-corrected chi connectivity index (χ0v) is 10.5. The minimum Gasteiger partial charge on any atom is -0.493 e. The van der Waals surface area contributed by atoms with E-state index < -0.39 is 0 Å². The van der Waals surface area contributed by atoms with Gasteiger partial charge in [0.2, 0.25) is 0 Å². The molecule has 2 N–H and O–H groups in total. The van der Waals surface area contributed by atoms with Crippen LogP contribution in [0.5, 0.6) is 11.5 Å². The lowest BCUT2D eigenvalue weighted by atomic mass is 10.1. The fourth-order valence-electron chi connectivity index (χ4n) is 1.80. The second-order valence-electron chi connectivity index (χ2n) is 3.95. The molecule has 5 nitrogen and oxygen atoms in total. The Morgan fingerprint density at radius 1 is 1.28 bits per heavy atom. The van der Waals surface area contributed by atoms with Gasteiger partial charge in [0.15, 0.2) is 11.5 Å². The van der Waals surface area contributed by atoms with Crippen LogP contribution in [0.1, 0.15) is 11.6 Å². The molecule has 2 rings (SSSR count). The topological polar surface area (TPSA) is 62.3 Å². The molecule has 0 aliphatic rings. The van der Waals surface area contributed by atoms with Gasteiger partial charge in [0, 0.05) is 18.4 Å². The van der Waals surface area contributed by atoms with Crippen molar-refractivity contribution in [2.24, 2.45) is 5.73 Å². The Morgan fingerprint density at radius 3 is 2.67 bits per heavy atom. The van der Waals surface area contributed by atoms with Gasteiger partial charge in [-0.05, 0) is 23.8 Å². The Bertz CT molecular complexity index is 497. The van der Waals surface area contributed by atoms with Gasteiger partial charge in [-0.2, -0.15) is 5.10 Å². The van der Waals surface area contributed by atoms with Crippen molar-refractivity contribution >= 4 is 0 Å². The van der Waals surface area contributed by atoms with Crippen LogP contribution in [0.4, 0.5) is 0 Å². The predicted molar refractivity (Wildman–Crippen MR) is 68.7 cm³/mol. The lowest BCUT2D eigenvalue weighted by molar-refractivity contribution is 0.354. The van der Waals surface area contributed by atoms with Gasteiger partial charge in [-0.15, -0.1) is 0 Å². The molecule has 0 aliphatic heterocycles. The summed E-state index contributed by atoms with van der Waals surface area (Å²) in [6.07, 6.45) is 3.63. The molecule has 2 aromatic rings. The van der Waals surface area contributed by atoms with Crippen molar-refractivity contribution in [3.8, 4) is 11.5 Å². The Labute approximate surface area is 106 Å². The fraction of sp³-hybridized carbons (Fsp3) is 0.308. The maximum Gasteiger partial charge on any atom is 0.161 e. The number of rotatable bonds is 5. The van der Waals surface area contributed by atoms with Gasteiger partial charge in [-0.3, -0.25) is 4.68 Å². The third kappa shape index (κ3) is 2.62. The monoisotopic (exact) mass is 247 g/mol. The summed E-state index contributed by atoms with van der Waals surface area (Å²) in [5.74, 6) is 1.39. The summed E-state index contributed by atoms with van der Waals surface area (Å²) < 4.78 is 12.3. The first-order valence-corrected chi connectivity index (χ1v) is 5.69. The highest BCUT2D eigenvalue weighted by molar-refractivity contribution is 5.43. The first-order chi connectivity index (χ1) is 8.74. The van der Waals surface area contributed by atoms with E-state index in [0.29, 0.717) is 18.0 Å². The van der Waals surface area contributed by atoms with Crippen LogP contribution in [0.25, 0.3) is 0 Å². The first kappa shape index (κ1) is 12.4. The molecule has 0 saturated heterocycles. The maximum atomic E-state index is 6.14. The van der Waals surface area contributed by atoms with Crippen molar-refractivity contribution in [3.05, 3.63) is 42.2 Å². The van der Waals surface area contributed by atoms with E-state index in [2.05, 4.69) is 5.10 Å². The number of nitrogens with zero attached hydrogens (tertiary/aromatic N) is 2. The molecule has 0 aliphatic carbocycles. The molecule has 0 fully saturated rings. The van der Waals surface area contributed by atoms with Crippen LogP contribution in [-0.4, -0.2) is 24.0 Å². The third-order valence-electron chi connectivity index (χ3n) is 2.78. The van der Waals surface area contributed by atoms with Crippen molar-refractivity contribution in [2.45, 2.75) is 12.6 Å². The second kappa shape index (κ2) is 5.55. The molecule has 1 aromatic carbocycles. The molecule has 0 bridgehead atoms. The van der Waals surface area contributed by atoms with Crippen molar-refractivity contribution in [1.82, 2.24) is 9.78 Å². The summed E-state index contributed by atoms with van der Waals surface area (Å²) >= 11 is 0. The molecule has 1 heterocycles. The van der Waals surface area contributed by atoms with E-state index in [-0.39, 0.29) is 6.04 Å². The number of benzene rings is 1. The summed E-state index contributed by atoms with van der Waals surface area (Å²) in [7, 11) is 3.22. The fourth-order valence-corrected chi connectivity index (χ4v) is 1.80. The number of hydrogen-bond acceptors (Lipinski definition) is 4. The van der Waals surface area contributed by atoms with Crippen LogP contribution in [0, 0.1) is 0 Å².